The predicted octanol–water partition coefficient (Wildman–Crippen LogP) is 4.54. The fraction of sp³-hybridized carbons (Fsp3) is 0.400. The number of rotatable bonds is 11. The zero-order valence-electron chi connectivity index (χ0n) is 15.7. The molecule has 0 atom stereocenters. The Balaban J connectivity index is 1.47. The first-order chi connectivity index (χ1) is 13.6. The van der Waals surface area contributed by atoms with Gasteiger partial charge in [-0.25, -0.2) is 4.98 Å². The van der Waals surface area contributed by atoms with Gasteiger partial charge in [-0.15, -0.1) is 0 Å². The van der Waals surface area contributed by atoms with E-state index >= 15 is 0 Å². The van der Waals surface area contributed by atoms with Crippen molar-refractivity contribution in [1.29, 1.82) is 0 Å². The van der Waals surface area contributed by atoms with E-state index < -0.39 is 0 Å². The molecule has 1 fully saturated rings. The van der Waals surface area contributed by atoms with E-state index in [0.29, 0.717) is 41.5 Å². The van der Waals surface area contributed by atoms with Gasteiger partial charge in [0.1, 0.15) is 11.5 Å². The molecular weight excluding hydrogens is 400 g/mol. The van der Waals surface area contributed by atoms with Crippen molar-refractivity contribution in [3.63, 3.8) is 0 Å². The maximum absolute atomic E-state index is 11.5. The first-order valence-corrected chi connectivity index (χ1v) is 10.3. The standard InChI is InChI=1S/C20H23ClN2O4S/c1-25-10-8-19(24)22-9-2-3-16-12-23-20(28-16)27-18-7-6-15(11-17(18)21)26-13-14-4-5-14/h2-3,6-7,11-12,14H,4-5,8-10,13H2,1H3,(H,22,24)/b3-2+. The Morgan fingerprint density at radius 3 is 3.04 bits per heavy atom. The number of carbonyl (C=O) groups excluding carboxylic acids is 1. The van der Waals surface area contributed by atoms with E-state index in [2.05, 4.69) is 10.3 Å². The van der Waals surface area contributed by atoms with E-state index in [9.17, 15) is 4.79 Å². The predicted molar refractivity (Wildman–Crippen MR) is 110 cm³/mol. The van der Waals surface area contributed by atoms with Crippen LogP contribution in [0.5, 0.6) is 16.7 Å². The quantitative estimate of drug-likeness (QED) is 0.575. The van der Waals surface area contributed by atoms with Crippen LogP contribution in [0.1, 0.15) is 24.1 Å². The lowest BCUT2D eigenvalue weighted by molar-refractivity contribution is -0.121. The lowest BCUT2D eigenvalue weighted by Gasteiger charge is -2.08. The molecule has 28 heavy (non-hydrogen) atoms. The Labute approximate surface area is 173 Å². The van der Waals surface area contributed by atoms with Crippen LogP contribution in [0.4, 0.5) is 0 Å². The second-order valence-electron chi connectivity index (χ2n) is 6.43. The van der Waals surface area contributed by atoms with Crippen molar-refractivity contribution in [3.8, 4) is 16.7 Å². The first-order valence-electron chi connectivity index (χ1n) is 9.12. The number of methoxy groups -OCH3 is 1. The Morgan fingerprint density at radius 2 is 2.29 bits per heavy atom. The summed E-state index contributed by atoms with van der Waals surface area (Å²) in [5.41, 5.74) is 0. The number of nitrogens with one attached hydrogen (secondary N) is 1. The van der Waals surface area contributed by atoms with Crippen molar-refractivity contribution in [1.82, 2.24) is 10.3 Å². The Hall–Kier alpha value is -2.09. The Kier molecular flexibility index (Phi) is 7.71. The minimum Gasteiger partial charge on any atom is -0.493 e. The van der Waals surface area contributed by atoms with Gasteiger partial charge in [0.15, 0.2) is 0 Å². The highest BCUT2D eigenvalue weighted by Gasteiger charge is 2.22. The molecule has 8 heteroatoms. The van der Waals surface area contributed by atoms with Crippen LogP contribution in [-0.2, 0) is 9.53 Å². The van der Waals surface area contributed by atoms with Crippen LogP contribution < -0.4 is 14.8 Å². The summed E-state index contributed by atoms with van der Waals surface area (Å²) in [6, 6.07) is 5.40. The minimum atomic E-state index is -0.0426. The van der Waals surface area contributed by atoms with Crippen molar-refractivity contribution in [3.05, 3.63) is 40.4 Å². The molecule has 2 aromatic rings. The van der Waals surface area contributed by atoms with Gasteiger partial charge in [-0.05, 0) is 37.0 Å². The highest BCUT2D eigenvalue weighted by Crippen LogP contribution is 2.35. The van der Waals surface area contributed by atoms with Crippen LogP contribution in [0.2, 0.25) is 5.02 Å². The minimum absolute atomic E-state index is 0.0426. The Morgan fingerprint density at radius 1 is 1.43 bits per heavy atom. The summed E-state index contributed by atoms with van der Waals surface area (Å²) in [7, 11) is 1.57. The van der Waals surface area contributed by atoms with E-state index in [1.54, 1.807) is 25.4 Å². The fourth-order valence-corrected chi connectivity index (χ4v) is 3.19. The zero-order chi connectivity index (χ0) is 19.8. The summed E-state index contributed by atoms with van der Waals surface area (Å²) in [6.07, 6.45) is 8.31. The van der Waals surface area contributed by atoms with Crippen molar-refractivity contribution in [2.24, 2.45) is 5.92 Å². The summed E-state index contributed by atoms with van der Waals surface area (Å²) in [5, 5.41) is 3.77. The molecular formula is C20H23ClN2O4S. The van der Waals surface area contributed by atoms with Crippen LogP contribution in [0.15, 0.2) is 30.5 Å². The third-order valence-electron chi connectivity index (χ3n) is 4.02. The van der Waals surface area contributed by atoms with Crippen LogP contribution in [-0.4, -0.2) is 37.8 Å². The number of halogens is 1. The normalized spacial score (nSPS) is 13.6. The van der Waals surface area contributed by atoms with Crippen molar-refractivity contribution >= 4 is 34.9 Å². The molecule has 1 saturated carbocycles. The van der Waals surface area contributed by atoms with Crippen LogP contribution in [0.3, 0.4) is 0 Å². The summed E-state index contributed by atoms with van der Waals surface area (Å²) in [4.78, 5) is 16.6. The summed E-state index contributed by atoms with van der Waals surface area (Å²) >= 11 is 7.69. The van der Waals surface area contributed by atoms with Gasteiger partial charge >= 0.3 is 0 Å². The van der Waals surface area contributed by atoms with Gasteiger partial charge in [0, 0.05) is 32.3 Å². The molecule has 1 N–H and O–H groups in total. The molecule has 1 aromatic heterocycles. The number of amides is 1. The monoisotopic (exact) mass is 422 g/mol. The summed E-state index contributed by atoms with van der Waals surface area (Å²) in [5.74, 6) is 1.93. The lowest BCUT2D eigenvalue weighted by atomic mass is 10.3. The van der Waals surface area contributed by atoms with E-state index in [-0.39, 0.29) is 5.91 Å². The zero-order valence-corrected chi connectivity index (χ0v) is 17.2. The number of aromatic nitrogens is 1. The average molecular weight is 423 g/mol. The van der Waals surface area contributed by atoms with E-state index in [1.807, 2.05) is 18.2 Å². The molecule has 0 saturated heterocycles. The molecule has 0 spiro atoms. The topological polar surface area (TPSA) is 69.7 Å². The number of carbonyl (C=O) groups is 1. The first kappa shape index (κ1) is 20.6. The van der Waals surface area contributed by atoms with Crippen LogP contribution >= 0.6 is 22.9 Å². The van der Waals surface area contributed by atoms with Gasteiger partial charge in [-0.2, -0.15) is 0 Å². The van der Waals surface area contributed by atoms with E-state index in [4.69, 9.17) is 25.8 Å². The Bertz CT molecular complexity index is 820. The van der Waals surface area contributed by atoms with Gasteiger partial charge in [0.25, 0.3) is 5.19 Å². The number of thiazole rings is 1. The molecule has 3 rings (SSSR count). The number of ether oxygens (including phenoxy) is 3. The molecule has 0 aliphatic heterocycles. The SMILES string of the molecule is COCCC(=O)NC/C=C/c1cnc(Oc2ccc(OCC3CC3)cc2Cl)s1. The molecule has 1 heterocycles. The molecule has 150 valence electrons. The molecule has 1 aliphatic rings. The fourth-order valence-electron chi connectivity index (χ4n) is 2.27. The molecule has 0 radical (unpaired) electrons. The third-order valence-corrected chi connectivity index (χ3v) is 5.15. The maximum Gasteiger partial charge on any atom is 0.279 e. The highest BCUT2D eigenvalue weighted by atomic mass is 35.5. The van der Waals surface area contributed by atoms with Gasteiger partial charge in [-0.3, -0.25) is 4.79 Å². The summed E-state index contributed by atoms with van der Waals surface area (Å²) in [6.45, 7) is 1.61. The van der Waals surface area contributed by atoms with Crippen molar-refractivity contribution < 1.29 is 19.0 Å². The van der Waals surface area contributed by atoms with Gasteiger partial charge in [0.2, 0.25) is 5.91 Å². The van der Waals surface area contributed by atoms with E-state index in [1.165, 1.54) is 24.2 Å². The molecule has 1 aliphatic carbocycles. The van der Waals surface area contributed by atoms with Gasteiger partial charge < -0.3 is 19.5 Å². The number of benzene rings is 1. The van der Waals surface area contributed by atoms with Crippen LogP contribution in [0, 0.1) is 5.92 Å². The van der Waals surface area contributed by atoms with Crippen molar-refractivity contribution in [2.45, 2.75) is 19.3 Å². The molecule has 0 unspecified atom stereocenters. The van der Waals surface area contributed by atoms with Crippen molar-refractivity contribution in [2.75, 3.05) is 26.9 Å². The largest absolute Gasteiger partial charge is 0.493 e. The lowest BCUT2D eigenvalue weighted by Crippen LogP contribution is -2.24. The average Bonchev–Trinajstić information content (AvgIpc) is 3.42. The second-order valence-corrected chi connectivity index (χ2v) is 7.86. The molecule has 1 aromatic carbocycles. The molecule has 0 bridgehead atoms. The molecule has 1 amide bonds. The number of hydrogen-bond donors (Lipinski definition) is 1. The summed E-state index contributed by atoms with van der Waals surface area (Å²) < 4.78 is 16.4. The van der Waals surface area contributed by atoms with Gasteiger partial charge in [-0.1, -0.05) is 29.0 Å². The van der Waals surface area contributed by atoms with Crippen LogP contribution in [0.25, 0.3) is 6.08 Å². The smallest absolute Gasteiger partial charge is 0.279 e. The highest BCUT2D eigenvalue weighted by molar-refractivity contribution is 7.14. The maximum atomic E-state index is 11.5. The van der Waals surface area contributed by atoms with Gasteiger partial charge in [0.05, 0.1) is 23.1 Å². The molecule has 6 nitrogen and oxygen atoms in total. The second kappa shape index (κ2) is 10.5. The number of hydrogen-bond acceptors (Lipinski definition) is 6. The third kappa shape index (κ3) is 6.82. The number of nitrogens with zero attached hydrogens (tertiary/aromatic N) is 1. The van der Waals surface area contributed by atoms with E-state index in [0.717, 1.165) is 17.2 Å².